The molecule has 0 atom stereocenters. The van der Waals surface area contributed by atoms with Gasteiger partial charge in [0.1, 0.15) is 21.0 Å². The molecule has 0 fully saturated rings. The molecule has 0 saturated heterocycles. The Hall–Kier alpha value is -2.54. The van der Waals surface area contributed by atoms with E-state index in [1.165, 1.54) is 24.5 Å². The Kier molecular flexibility index (Phi) is 3.26. The third-order valence-electron chi connectivity index (χ3n) is 3.02. The SMILES string of the molecule is Cc1ccc(F)cc1NC(=O)c1sc2nccnc2c1N. The molecule has 0 bridgehead atoms. The van der Waals surface area contributed by atoms with Crippen molar-refractivity contribution in [2.75, 3.05) is 11.1 Å². The molecule has 21 heavy (non-hydrogen) atoms. The van der Waals surface area contributed by atoms with Crippen LogP contribution in [0.25, 0.3) is 10.3 Å². The van der Waals surface area contributed by atoms with Gasteiger partial charge in [-0.15, -0.1) is 11.3 Å². The smallest absolute Gasteiger partial charge is 0.268 e. The van der Waals surface area contributed by atoms with Crippen LogP contribution >= 0.6 is 11.3 Å². The van der Waals surface area contributed by atoms with E-state index in [1.807, 2.05) is 0 Å². The van der Waals surface area contributed by atoms with E-state index in [4.69, 9.17) is 5.73 Å². The fourth-order valence-electron chi connectivity index (χ4n) is 1.92. The summed E-state index contributed by atoms with van der Waals surface area (Å²) in [6.45, 7) is 1.78. The summed E-state index contributed by atoms with van der Waals surface area (Å²) >= 11 is 1.16. The molecule has 3 aromatic rings. The summed E-state index contributed by atoms with van der Waals surface area (Å²) in [5.41, 5.74) is 7.90. The highest BCUT2D eigenvalue weighted by Gasteiger charge is 2.18. The molecule has 3 N–H and O–H groups in total. The fourth-order valence-corrected chi connectivity index (χ4v) is 2.84. The number of thiophene rings is 1. The minimum atomic E-state index is -0.413. The Labute approximate surface area is 123 Å². The van der Waals surface area contributed by atoms with E-state index in [0.29, 0.717) is 20.9 Å². The van der Waals surface area contributed by atoms with Gasteiger partial charge in [0.25, 0.3) is 5.91 Å². The molecule has 0 aliphatic rings. The van der Waals surface area contributed by atoms with E-state index in [0.717, 1.165) is 16.9 Å². The number of nitrogens with one attached hydrogen (secondary N) is 1. The van der Waals surface area contributed by atoms with Gasteiger partial charge in [0.2, 0.25) is 0 Å². The number of halogens is 1. The van der Waals surface area contributed by atoms with Crippen LogP contribution in [0.1, 0.15) is 15.2 Å². The summed E-state index contributed by atoms with van der Waals surface area (Å²) in [5.74, 6) is -0.811. The fraction of sp³-hybridized carbons (Fsp3) is 0.0714. The normalized spacial score (nSPS) is 10.8. The summed E-state index contributed by atoms with van der Waals surface area (Å²) in [5, 5.41) is 2.67. The highest BCUT2D eigenvalue weighted by Crippen LogP contribution is 2.31. The molecule has 1 aromatic carbocycles. The monoisotopic (exact) mass is 302 g/mol. The lowest BCUT2D eigenvalue weighted by Crippen LogP contribution is -2.13. The molecule has 0 aliphatic heterocycles. The number of nitrogens with two attached hydrogens (primary N) is 1. The van der Waals surface area contributed by atoms with E-state index >= 15 is 0 Å². The third kappa shape index (κ3) is 2.43. The zero-order valence-electron chi connectivity index (χ0n) is 11.1. The number of carbonyl (C=O) groups is 1. The molecule has 3 rings (SSSR count). The molecule has 0 radical (unpaired) electrons. The summed E-state index contributed by atoms with van der Waals surface area (Å²) in [6.07, 6.45) is 3.06. The zero-order valence-corrected chi connectivity index (χ0v) is 11.9. The maximum Gasteiger partial charge on any atom is 0.268 e. The molecular weight excluding hydrogens is 291 g/mol. The summed E-state index contributed by atoms with van der Waals surface area (Å²) < 4.78 is 13.3. The average Bonchev–Trinajstić information content (AvgIpc) is 2.81. The minimum absolute atomic E-state index is 0.287. The first kappa shape index (κ1) is 13.4. The Bertz CT molecular complexity index is 846. The Morgan fingerprint density at radius 2 is 2.10 bits per heavy atom. The first-order valence-corrected chi connectivity index (χ1v) is 6.94. The van der Waals surface area contributed by atoms with Gasteiger partial charge >= 0.3 is 0 Å². The van der Waals surface area contributed by atoms with Crippen LogP contribution in [0, 0.1) is 12.7 Å². The maximum absolute atomic E-state index is 13.3. The van der Waals surface area contributed by atoms with Crippen LogP contribution in [0.2, 0.25) is 0 Å². The second kappa shape index (κ2) is 5.10. The van der Waals surface area contributed by atoms with Crippen molar-refractivity contribution in [3.8, 4) is 0 Å². The van der Waals surface area contributed by atoms with Gasteiger partial charge in [0.05, 0.1) is 5.69 Å². The van der Waals surface area contributed by atoms with Crippen LogP contribution < -0.4 is 11.1 Å². The first-order chi connectivity index (χ1) is 10.1. The molecule has 0 unspecified atom stereocenters. The van der Waals surface area contributed by atoms with Crippen molar-refractivity contribution in [1.29, 1.82) is 0 Å². The van der Waals surface area contributed by atoms with E-state index in [-0.39, 0.29) is 5.69 Å². The molecule has 1 amide bonds. The molecule has 7 heteroatoms. The number of aryl methyl sites for hydroxylation is 1. The highest BCUT2D eigenvalue weighted by molar-refractivity contribution is 7.21. The van der Waals surface area contributed by atoms with E-state index in [9.17, 15) is 9.18 Å². The number of benzene rings is 1. The number of fused-ring (bicyclic) bond motifs is 1. The number of carbonyl (C=O) groups excluding carboxylic acids is 1. The summed E-state index contributed by atoms with van der Waals surface area (Å²) in [7, 11) is 0. The largest absolute Gasteiger partial charge is 0.396 e. The van der Waals surface area contributed by atoms with Gasteiger partial charge in [-0.2, -0.15) is 0 Å². The van der Waals surface area contributed by atoms with Gasteiger partial charge in [-0.3, -0.25) is 4.79 Å². The van der Waals surface area contributed by atoms with Crippen LogP contribution in [0.4, 0.5) is 15.8 Å². The van der Waals surface area contributed by atoms with Crippen LogP contribution in [0.15, 0.2) is 30.6 Å². The van der Waals surface area contributed by atoms with Crippen molar-refractivity contribution < 1.29 is 9.18 Å². The van der Waals surface area contributed by atoms with Crippen molar-refractivity contribution in [2.24, 2.45) is 0 Å². The van der Waals surface area contributed by atoms with Gasteiger partial charge < -0.3 is 11.1 Å². The molecule has 0 spiro atoms. The quantitative estimate of drug-likeness (QED) is 0.762. The lowest BCUT2D eigenvalue weighted by Gasteiger charge is -2.07. The van der Waals surface area contributed by atoms with Crippen molar-refractivity contribution >= 4 is 39.0 Å². The zero-order chi connectivity index (χ0) is 15.0. The van der Waals surface area contributed by atoms with Crippen LogP contribution in [0.5, 0.6) is 0 Å². The average molecular weight is 302 g/mol. The Balaban J connectivity index is 1.97. The second-order valence-electron chi connectivity index (χ2n) is 4.47. The lowest BCUT2D eigenvalue weighted by molar-refractivity contribution is 0.103. The van der Waals surface area contributed by atoms with Gasteiger partial charge in [-0.1, -0.05) is 6.07 Å². The van der Waals surface area contributed by atoms with Crippen molar-refractivity contribution in [2.45, 2.75) is 6.92 Å². The summed E-state index contributed by atoms with van der Waals surface area (Å²) in [6, 6.07) is 4.21. The standard InChI is InChI=1S/C14H11FN4OS/c1-7-2-3-8(15)6-9(7)19-13(20)12-10(16)11-14(21-12)18-5-4-17-11/h2-6H,16H2,1H3,(H,19,20). The molecule has 0 aliphatic carbocycles. The van der Waals surface area contributed by atoms with Crippen LogP contribution in [0.3, 0.4) is 0 Å². The highest BCUT2D eigenvalue weighted by atomic mass is 32.1. The number of hydrogen-bond acceptors (Lipinski definition) is 5. The van der Waals surface area contributed by atoms with Crippen molar-refractivity contribution in [3.63, 3.8) is 0 Å². The van der Waals surface area contributed by atoms with Crippen LogP contribution in [-0.2, 0) is 0 Å². The lowest BCUT2D eigenvalue weighted by atomic mass is 10.2. The predicted octanol–water partition coefficient (Wildman–Crippen LogP) is 2.97. The second-order valence-corrected chi connectivity index (χ2v) is 5.47. The van der Waals surface area contributed by atoms with Gasteiger partial charge in [0, 0.05) is 18.1 Å². The number of nitrogen functional groups attached to an aromatic ring is 1. The van der Waals surface area contributed by atoms with Crippen molar-refractivity contribution in [1.82, 2.24) is 9.97 Å². The van der Waals surface area contributed by atoms with Gasteiger partial charge in [-0.25, -0.2) is 14.4 Å². The van der Waals surface area contributed by atoms with Gasteiger partial charge in [0.15, 0.2) is 0 Å². The summed E-state index contributed by atoms with van der Waals surface area (Å²) in [4.78, 5) is 21.4. The Morgan fingerprint density at radius 3 is 2.86 bits per heavy atom. The molecule has 2 aromatic heterocycles. The topological polar surface area (TPSA) is 80.9 Å². The van der Waals surface area contributed by atoms with Crippen molar-refractivity contribution in [3.05, 3.63) is 46.9 Å². The van der Waals surface area contributed by atoms with Crippen LogP contribution in [-0.4, -0.2) is 15.9 Å². The first-order valence-electron chi connectivity index (χ1n) is 6.13. The number of hydrogen-bond donors (Lipinski definition) is 2. The molecule has 0 saturated carbocycles. The molecule has 5 nitrogen and oxygen atoms in total. The number of aromatic nitrogens is 2. The minimum Gasteiger partial charge on any atom is -0.396 e. The number of nitrogens with zero attached hydrogens (tertiary/aromatic N) is 2. The molecule has 106 valence electrons. The third-order valence-corrected chi connectivity index (χ3v) is 4.12. The number of rotatable bonds is 2. The molecular formula is C14H11FN4OS. The number of amides is 1. The predicted molar refractivity (Wildman–Crippen MR) is 80.9 cm³/mol. The van der Waals surface area contributed by atoms with E-state index in [2.05, 4.69) is 15.3 Å². The van der Waals surface area contributed by atoms with Gasteiger partial charge in [-0.05, 0) is 24.6 Å². The van der Waals surface area contributed by atoms with E-state index in [1.54, 1.807) is 13.0 Å². The molecule has 2 heterocycles. The number of anilines is 2. The Morgan fingerprint density at radius 1 is 1.33 bits per heavy atom. The van der Waals surface area contributed by atoms with E-state index < -0.39 is 11.7 Å². The maximum atomic E-state index is 13.3.